The van der Waals surface area contributed by atoms with E-state index in [9.17, 15) is 0 Å². The lowest BCUT2D eigenvalue weighted by Crippen LogP contribution is -2.47. The lowest BCUT2D eigenvalue weighted by molar-refractivity contribution is 0.00594. The fourth-order valence-corrected chi connectivity index (χ4v) is 8.58. The van der Waals surface area contributed by atoms with Crippen LogP contribution in [0.3, 0.4) is 0 Å². The largest absolute Gasteiger partial charge is 0.0996 e. The highest BCUT2D eigenvalue weighted by Crippen LogP contribution is 2.66. The topological polar surface area (TPSA) is 0 Å². The Kier molecular flexibility index (Phi) is 5.73. The van der Waals surface area contributed by atoms with Crippen LogP contribution in [-0.4, -0.2) is 0 Å². The molecule has 0 radical (unpaired) electrons. The molecular weight excluding hydrogens is 360 g/mol. The van der Waals surface area contributed by atoms with E-state index in [0.29, 0.717) is 22.2 Å². The first kappa shape index (κ1) is 22.4. The Bertz CT molecular complexity index is 759. The highest BCUT2D eigenvalue weighted by molar-refractivity contribution is 5.49. The monoisotopic (exact) mass is 408 g/mol. The van der Waals surface area contributed by atoms with E-state index in [1.165, 1.54) is 69.8 Å². The predicted octanol–water partition coefficient (Wildman–Crippen LogP) is 9.28. The first-order chi connectivity index (χ1) is 14.0. The minimum atomic E-state index is 0.421. The van der Waals surface area contributed by atoms with Gasteiger partial charge in [-0.15, -0.1) is 0 Å². The molecule has 0 N–H and O–H groups in total. The summed E-state index contributed by atoms with van der Waals surface area (Å²) in [6, 6.07) is 0. The molecule has 5 atom stereocenters. The third-order valence-corrected chi connectivity index (χ3v) is 10.6. The molecule has 1 unspecified atom stereocenters. The molecule has 1 saturated carbocycles. The van der Waals surface area contributed by atoms with Crippen LogP contribution in [0.2, 0.25) is 0 Å². The highest BCUT2D eigenvalue weighted by Gasteiger charge is 2.55. The average molecular weight is 409 g/mol. The van der Waals surface area contributed by atoms with Gasteiger partial charge >= 0.3 is 0 Å². The molecule has 168 valence electrons. The van der Waals surface area contributed by atoms with Crippen molar-refractivity contribution in [3.05, 3.63) is 34.9 Å². The second kappa shape index (κ2) is 7.67. The molecule has 4 rings (SSSR count). The molecule has 4 aliphatic carbocycles. The van der Waals surface area contributed by atoms with Crippen molar-refractivity contribution in [2.75, 3.05) is 0 Å². The van der Waals surface area contributed by atoms with Crippen LogP contribution >= 0.6 is 0 Å². The molecular formula is C30H48. The van der Waals surface area contributed by atoms with Gasteiger partial charge in [-0.1, -0.05) is 78.7 Å². The number of allylic oxidation sites excluding steroid dienone is 5. The predicted molar refractivity (Wildman–Crippen MR) is 131 cm³/mol. The van der Waals surface area contributed by atoms with E-state index >= 15 is 0 Å². The molecule has 0 aromatic rings. The van der Waals surface area contributed by atoms with E-state index in [4.69, 9.17) is 0 Å². The Morgan fingerprint density at radius 3 is 2.47 bits per heavy atom. The normalized spacial score (nSPS) is 38.6. The van der Waals surface area contributed by atoms with E-state index in [1.54, 1.807) is 5.57 Å². The van der Waals surface area contributed by atoms with E-state index in [-0.39, 0.29) is 0 Å². The van der Waals surface area contributed by atoms with Gasteiger partial charge in [0.25, 0.3) is 0 Å². The van der Waals surface area contributed by atoms with Gasteiger partial charge in [0.15, 0.2) is 0 Å². The third-order valence-electron chi connectivity index (χ3n) is 10.6. The van der Waals surface area contributed by atoms with E-state index in [1.807, 2.05) is 11.1 Å². The van der Waals surface area contributed by atoms with Gasteiger partial charge in [-0.3, -0.25) is 0 Å². The van der Waals surface area contributed by atoms with Crippen molar-refractivity contribution >= 4 is 0 Å². The maximum Gasteiger partial charge on any atom is -0.00389 e. The average Bonchev–Trinajstić information content (AvgIpc) is 3.02. The van der Waals surface area contributed by atoms with Gasteiger partial charge < -0.3 is 0 Å². The summed E-state index contributed by atoms with van der Waals surface area (Å²) in [4.78, 5) is 0. The summed E-state index contributed by atoms with van der Waals surface area (Å²) >= 11 is 0. The quantitative estimate of drug-likeness (QED) is 0.397. The van der Waals surface area contributed by atoms with Crippen LogP contribution in [0.25, 0.3) is 0 Å². The Morgan fingerprint density at radius 2 is 1.77 bits per heavy atom. The van der Waals surface area contributed by atoms with Gasteiger partial charge in [-0.2, -0.15) is 0 Å². The molecule has 0 aromatic carbocycles. The second-order valence-corrected chi connectivity index (χ2v) is 13.0. The molecule has 0 nitrogen and oxygen atoms in total. The zero-order valence-electron chi connectivity index (χ0n) is 21.2. The number of fused-ring (bicyclic) bond motifs is 4. The summed E-state index contributed by atoms with van der Waals surface area (Å²) in [7, 11) is 0. The summed E-state index contributed by atoms with van der Waals surface area (Å²) < 4.78 is 0. The summed E-state index contributed by atoms with van der Waals surface area (Å²) in [5.74, 6) is 3.14. The second-order valence-electron chi connectivity index (χ2n) is 13.0. The van der Waals surface area contributed by atoms with Crippen molar-refractivity contribution in [1.29, 1.82) is 0 Å². The van der Waals surface area contributed by atoms with Gasteiger partial charge in [0.2, 0.25) is 0 Å². The third kappa shape index (κ3) is 3.40. The summed E-state index contributed by atoms with van der Waals surface area (Å²) in [6.07, 6.45) is 16.4. The van der Waals surface area contributed by atoms with Gasteiger partial charge in [0.1, 0.15) is 0 Å². The van der Waals surface area contributed by atoms with Crippen LogP contribution < -0.4 is 0 Å². The first-order valence-electron chi connectivity index (χ1n) is 13.1. The number of hydrogen-bond acceptors (Lipinski definition) is 0. The minimum absolute atomic E-state index is 0.421. The van der Waals surface area contributed by atoms with E-state index in [2.05, 4.69) is 61.1 Å². The number of rotatable bonds is 5. The van der Waals surface area contributed by atoms with Crippen LogP contribution in [0.5, 0.6) is 0 Å². The minimum Gasteiger partial charge on any atom is -0.0996 e. The zero-order chi connectivity index (χ0) is 21.9. The fourth-order valence-electron chi connectivity index (χ4n) is 8.58. The Hall–Kier alpha value is -0.780. The Balaban J connectivity index is 1.57. The molecule has 0 heterocycles. The molecule has 0 heteroatoms. The standard InChI is InChI=1S/C30H48/c1-20(2)21(3)10-11-22(4)24-13-14-25-23-12-15-27-28(5,6)17-9-18-30(27,8)26(23)16-19-29(24,25)7/h14,20,22,24,27H,3,9-13,15-19H2,1-2,4-8H3/t22-,24-,27?,29-,30-/m1/s1. The summed E-state index contributed by atoms with van der Waals surface area (Å²) in [5, 5.41) is 0. The first-order valence-corrected chi connectivity index (χ1v) is 13.1. The molecule has 0 amide bonds. The van der Waals surface area contributed by atoms with Gasteiger partial charge in [-0.05, 0) is 109 Å². The molecule has 0 aromatic heterocycles. The Labute approximate surface area is 187 Å². The highest BCUT2D eigenvalue weighted by atomic mass is 14.6. The van der Waals surface area contributed by atoms with Gasteiger partial charge in [-0.25, -0.2) is 0 Å². The van der Waals surface area contributed by atoms with Crippen molar-refractivity contribution in [1.82, 2.24) is 0 Å². The number of hydrogen-bond donors (Lipinski definition) is 0. The SMILES string of the molecule is C=C(CC[C@@H](C)[C@H]1CC=C2C3=C(CC[C@@]21C)[C@@]1(C)CCCC(C)(C)C1CC3)C(C)C. The van der Waals surface area contributed by atoms with Crippen LogP contribution in [0.15, 0.2) is 34.9 Å². The van der Waals surface area contributed by atoms with E-state index < -0.39 is 0 Å². The summed E-state index contributed by atoms with van der Waals surface area (Å²) in [5.41, 5.74) is 8.38. The Morgan fingerprint density at radius 1 is 1.03 bits per heavy atom. The van der Waals surface area contributed by atoms with Crippen molar-refractivity contribution < 1.29 is 0 Å². The van der Waals surface area contributed by atoms with Crippen molar-refractivity contribution in [3.8, 4) is 0 Å². The van der Waals surface area contributed by atoms with Crippen molar-refractivity contribution in [2.45, 2.75) is 113 Å². The van der Waals surface area contributed by atoms with Crippen molar-refractivity contribution in [2.24, 2.45) is 39.9 Å². The molecule has 4 aliphatic rings. The fraction of sp³-hybridized carbons (Fsp3) is 0.800. The van der Waals surface area contributed by atoms with Gasteiger partial charge in [0.05, 0.1) is 0 Å². The molecule has 0 aliphatic heterocycles. The van der Waals surface area contributed by atoms with E-state index in [0.717, 1.165) is 17.8 Å². The molecule has 30 heavy (non-hydrogen) atoms. The molecule has 0 saturated heterocycles. The lowest BCUT2D eigenvalue weighted by atomic mass is 9.47. The van der Waals surface area contributed by atoms with Crippen LogP contribution in [0.1, 0.15) is 113 Å². The molecule has 0 spiro atoms. The maximum atomic E-state index is 4.34. The smallest absolute Gasteiger partial charge is 0.00389 e. The van der Waals surface area contributed by atoms with Crippen LogP contribution in [0.4, 0.5) is 0 Å². The zero-order valence-corrected chi connectivity index (χ0v) is 21.2. The lowest BCUT2D eigenvalue weighted by Gasteiger charge is -2.58. The summed E-state index contributed by atoms with van der Waals surface area (Å²) in [6.45, 7) is 21.9. The van der Waals surface area contributed by atoms with Crippen LogP contribution in [0, 0.1) is 39.9 Å². The van der Waals surface area contributed by atoms with Crippen molar-refractivity contribution in [3.63, 3.8) is 0 Å². The van der Waals surface area contributed by atoms with Crippen LogP contribution in [-0.2, 0) is 0 Å². The van der Waals surface area contributed by atoms with Gasteiger partial charge in [0, 0.05) is 0 Å². The molecule has 1 fully saturated rings. The molecule has 0 bridgehead atoms. The maximum absolute atomic E-state index is 4.34.